The van der Waals surface area contributed by atoms with Crippen molar-refractivity contribution in [3.05, 3.63) is 51.0 Å². The molecule has 1 aromatic heterocycles. The summed E-state index contributed by atoms with van der Waals surface area (Å²) in [6, 6.07) is 9.55. The van der Waals surface area contributed by atoms with E-state index in [-0.39, 0.29) is 5.91 Å². The molecule has 2 rings (SSSR count). The fourth-order valence-electron chi connectivity index (χ4n) is 1.83. The van der Waals surface area contributed by atoms with Crippen LogP contribution in [-0.4, -0.2) is 24.9 Å². The van der Waals surface area contributed by atoms with Crippen LogP contribution in [0.4, 0.5) is 5.69 Å². The smallest absolute Gasteiger partial charge is 0.253 e. The van der Waals surface area contributed by atoms with Gasteiger partial charge in [-0.05, 0) is 59.3 Å². The van der Waals surface area contributed by atoms with Gasteiger partial charge in [0.25, 0.3) is 5.91 Å². The number of benzene rings is 1. The number of halogens is 1. The minimum atomic E-state index is 0.000553. The van der Waals surface area contributed by atoms with Gasteiger partial charge < -0.3 is 14.6 Å². The lowest BCUT2D eigenvalue weighted by Crippen LogP contribution is -2.21. The Morgan fingerprint density at radius 3 is 2.65 bits per heavy atom. The van der Waals surface area contributed by atoms with Crippen molar-refractivity contribution in [2.45, 2.75) is 13.5 Å². The van der Waals surface area contributed by atoms with Gasteiger partial charge in [-0.1, -0.05) is 6.07 Å². The molecule has 0 aliphatic rings. The molecule has 0 atom stereocenters. The lowest BCUT2D eigenvalue weighted by Gasteiger charge is -2.13. The van der Waals surface area contributed by atoms with Gasteiger partial charge in [-0.25, -0.2) is 0 Å². The van der Waals surface area contributed by atoms with Crippen molar-refractivity contribution in [1.82, 2.24) is 4.90 Å². The number of aryl methyl sites for hydroxylation is 1. The third-order valence-corrected chi connectivity index (χ3v) is 3.55. The van der Waals surface area contributed by atoms with E-state index in [0.29, 0.717) is 12.1 Å². The molecule has 0 aliphatic heterocycles. The standard InChI is InChI=1S/C15H17IN2O2/c1-10-4-5-11(15(19)18(2)3)8-13(10)17-9-12-6-7-14(16)20-12/h4-8,17H,9H2,1-3H3. The van der Waals surface area contributed by atoms with Crippen LogP contribution in [0.25, 0.3) is 0 Å². The lowest BCUT2D eigenvalue weighted by atomic mass is 10.1. The monoisotopic (exact) mass is 384 g/mol. The Bertz CT molecular complexity index is 620. The predicted octanol–water partition coefficient (Wildman–Crippen LogP) is 3.51. The van der Waals surface area contributed by atoms with Gasteiger partial charge in [0.1, 0.15) is 5.76 Å². The normalized spacial score (nSPS) is 10.4. The number of amides is 1. The molecule has 0 unspecified atom stereocenters. The van der Waals surface area contributed by atoms with Crippen molar-refractivity contribution in [2.24, 2.45) is 0 Å². The molecule has 0 saturated carbocycles. The molecule has 1 heterocycles. The van der Waals surface area contributed by atoms with Gasteiger partial charge in [-0.2, -0.15) is 0 Å². The van der Waals surface area contributed by atoms with Crippen LogP contribution in [0.15, 0.2) is 34.7 Å². The Hall–Kier alpha value is -1.50. The largest absolute Gasteiger partial charge is 0.454 e. The predicted molar refractivity (Wildman–Crippen MR) is 87.9 cm³/mol. The first-order chi connectivity index (χ1) is 9.47. The van der Waals surface area contributed by atoms with E-state index in [1.165, 1.54) is 0 Å². The van der Waals surface area contributed by atoms with E-state index in [1.807, 2.05) is 37.3 Å². The molecule has 0 spiro atoms. The highest BCUT2D eigenvalue weighted by atomic mass is 127. The summed E-state index contributed by atoms with van der Waals surface area (Å²) < 4.78 is 6.38. The molecule has 5 heteroatoms. The van der Waals surface area contributed by atoms with Crippen LogP contribution in [0.1, 0.15) is 21.7 Å². The van der Waals surface area contributed by atoms with Crippen LogP contribution in [0, 0.1) is 10.7 Å². The Kier molecular flexibility index (Phi) is 4.69. The fourth-order valence-corrected chi connectivity index (χ4v) is 2.30. The Morgan fingerprint density at radius 1 is 1.30 bits per heavy atom. The van der Waals surface area contributed by atoms with Gasteiger partial charge in [0.2, 0.25) is 0 Å². The summed E-state index contributed by atoms with van der Waals surface area (Å²) in [5.74, 6) is 0.874. The average molecular weight is 384 g/mol. The number of anilines is 1. The molecule has 0 fully saturated rings. The van der Waals surface area contributed by atoms with Crippen molar-refractivity contribution in [3.8, 4) is 0 Å². The molecular weight excluding hydrogens is 367 g/mol. The van der Waals surface area contributed by atoms with Crippen molar-refractivity contribution >= 4 is 34.2 Å². The van der Waals surface area contributed by atoms with Crippen LogP contribution in [-0.2, 0) is 6.54 Å². The zero-order valence-corrected chi connectivity index (χ0v) is 13.9. The minimum absolute atomic E-state index is 0.000553. The van der Waals surface area contributed by atoms with Gasteiger partial charge in [-0.15, -0.1) is 0 Å². The number of rotatable bonds is 4. The maximum atomic E-state index is 12.0. The fraction of sp³-hybridized carbons (Fsp3) is 0.267. The van der Waals surface area contributed by atoms with Crippen molar-refractivity contribution < 1.29 is 9.21 Å². The van der Waals surface area contributed by atoms with Crippen LogP contribution in [0.3, 0.4) is 0 Å². The van der Waals surface area contributed by atoms with Gasteiger partial charge in [0.15, 0.2) is 3.77 Å². The minimum Gasteiger partial charge on any atom is -0.454 e. The van der Waals surface area contributed by atoms with E-state index in [4.69, 9.17) is 4.42 Å². The zero-order chi connectivity index (χ0) is 14.7. The molecular formula is C15H17IN2O2. The second kappa shape index (κ2) is 6.30. The highest BCUT2D eigenvalue weighted by molar-refractivity contribution is 14.1. The van der Waals surface area contributed by atoms with Crippen LogP contribution < -0.4 is 5.32 Å². The maximum Gasteiger partial charge on any atom is 0.253 e. The summed E-state index contributed by atoms with van der Waals surface area (Å²) in [5, 5.41) is 3.31. The molecule has 1 aromatic carbocycles. The molecule has 4 nitrogen and oxygen atoms in total. The van der Waals surface area contributed by atoms with E-state index in [1.54, 1.807) is 19.0 Å². The molecule has 1 amide bonds. The van der Waals surface area contributed by atoms with Crippen molar-refractivity contribution in [3.63, 3.8) is 0 Å². The van der Waals surface area contributed by atoms with Crippen molar-refractivity contribution in [2.75, 3.05) is 19.4 Å². The molecule has 20 heavy (non-hydrogen) atoms. The van der Waals surface area contributed by atoms with Gasteiger partial charge in [0, 0.05) is 25.3 Å². The summed E-state index contributed by atoms with van der Waals surface area (Å²) in [7, 11) is 3.50. The first-order valence-electron chi connectivity index (χ1n) is 6.28. The van der Waals surface area contributed by atoms with E-state index in [0.717, 1.165) is 20.8 Å². The first kappa shape index (κ1) is 14.9. The van der Waals surface area contributed by atoms with E-state index < -0.39 is 0 Å². The Labute approximate surface area is 132 Å². The summed E-state index contributed by atoms with van der Waals surface area (Å²) in [6.07, 6.45) is 0. The van der Waals surface area contributed by atoms with Gasteiger partial charge in [0.05, 0.1) is 6.54 Å². The number of carbonyl (C=O) groups is 1. The van der Waals surface area contributed by atoms with E-state index in [2.05, 4.69) is 27.9 Å². The molecule has 2 aromatic rings. The Balaban J connectivity index is 2.14. The molecule has 0 saturated heterocycles. The zero-order valence-electron chi connectivity index (χ0n) is 11.7. The molecule has 0 radical (unpaired) electrons. The van der Waals surface area contributed by atoms with Crippen LogP contribution in [0.5, 0.6) is 0 Å². The molecule has 106 valence electrons. The lowest BCUT2D eigenvalue weighted by molar-refractivity contribution is 0.0827. The number of hydrogen-bond donors (Lipinski definition) is 1. The summed E-state index contributed by atoms with van der Waals surface area (Å²) in [5.41, 5.74) is 2.72. The highest BCUT2D eigenvalue weighted by Crippen LogP contribution is 2.19. The molecule has 0 bridgehead atoms. The third kappa shape index (κ3) is 3.53. The molecule has 1 N–H and O–H groups in total. The second-order valence-electron chi connectivity index (χ2n) is 4.79. The van der Waals surface area contributed by atoms with Crippen LogP contribution in [0.2, 0.25) is 0 Å². The van der Waals surface area contributed by atoms with E-state index in [9.17, 15) is 4.79 Å². The number of furan rings is 1. The topological polar surface area (TPSA) is 45.5 Å². The van der Waals surface area contributed by atoms with Crippen molar-refractivity contribution in [1.29, 1.82) is 0 Å². The van der Waals surface area contributed by atoms with Gasteiger partial charge in [-0.3, -0.25) is 4.79 Å². The summed E-state index contributed by atoms with van der Waals surface area (Å²) >= 11 is 2.14. The SMILES string of the molecule is Cc1ccc(C(=O)N(C)C)cc1NCc1ccc(I)o1. The number of nitrogens with one attached hydrogen (secondary N) is 1. The second-order valence-corrected chi connectivity index (χ2v) is 5.85. The number of nitrogens with zero attached hydrogens (tertiary/aromatic N) is 1. The number of carbonyl (C=O) groups excluding carboxylic acids is 1. The maximum absolute atomic E-state index is 12.0. The average Bonchev–Trinajstić information content (AvgIpc) is 2.82. The number of hydrogen-bond acceptors (Lipinski definition) is 3. The summed E-state index contributed by atoms with van der Waals surface area (Å²) in [4.78, 5) is 13.5. The van der Waals surface area contributed by atoms with Crippen LogP contribution >= 0.6 is 22.6 Å². The summed E-state index contributed by atoms with van der Waals surface area (Å²) in [6.45, 7) is 2.61. The first-order valence-corrected chi connectivity index (χ1v) is 7.35. The molecule has 0 aliphatic carbocycles. The Morgan fingerprint density at radius 2 is 2.05 bits per heavy atom. The van der Waals surface area contributed by atoms with Gasteiger partial charge >= 0.3 is 0 Å². The highest BCUT2D eigenvalue weighted by Gasteiger charge is 2.10. The quantitative estimate of drug-likeness (QED) is 0.821. The van der Waals surface area contributed by atoms with E-state index >= 15 is 0 Å². The third-order valence-electron chi connectivity index (χ3n) is 2.97.